The van der Waals surface area contributed by atoms with Crippen LogP contribution in [0.4, 0.5) is 0 Å². The maximum atomic E-state index is 12.9. The van der Waals surface area contributed by atoms with Crippen molar-refractivity contribution >= 4 is 23.2 Å². The molecule has 1 atom stereocenters. The molecule has 0 spiro atoms. The summed E-state index contributed by atoms with van der Waals surface area (Å²) in [6, 6.07) is 8.61. The van der Waals surface area contributed by atoms with E-state index in [2.05, 4.69) is 9.97 Å². The molecule has 2 amide bonds. The Morgan fingerprint density at radius 2 is 2.03 bits per heavy atom. The number of carbonyl (C=O) groups is 2. The highest BCUT2D eigenvalue weighted by atomic mass is 32.1. The van der Waals surface area contributed by atoms with E-state index in [1.807, 2.05) is 11.4 Å². The minimum absolute atomic E-state index is 0.0629. The molecule has 0 aliphatic carbocycles. The standard InChI is InChI=1S/C22H21N5O3S/c28-20-14-13-26(22(30)18-7-4-12-31-18)11-8-15(14)24-19(25-20)17-6-3-10-27(17)21(29)16-5-1-2-9-23-16/h1-2,4-5,7,9,12,17H,3,6,8,10-11,13H2,(H,24,25,28)/t17-/m1/s1. The first-order valence-corrected chi connectivity index (χ1v) is 11.2. The van der Waals surface area contributed by atoms with Gasteiger partial charge in [-0.25, -0.2) is 4.98 Å². The molecule has 31 heavy (non-hydrogen) atoms. The van der Waals surface area contributed by atoms with Crippen LogP contribution in [0.5, 0.6) is 0 Å². The molecule has 0 saturated carbocycles. The molecule has 158 valence electrons. The third kappa shape index (κ3) is 3.65. The maximum Gasteiger partial charge on any atom is 0.273 e. The van der Waals surface area contributed by atoms with Gasteiger partial charge >= 0.3 is 0 Å². The monoisotopic (exact) mass is 435 g/mol. The van der Waals surface area contributed by atoms with Gasteiger partial charge in [0.15, 0.2) is 0 Å². The van der Waals surface area contributed by atoms with Gasteiger partial charge in [-0.05, 0) is 36.4 Å². The van der Waals surface area contributed by atoms with E-state index >= 15 is 0 Å². The zero-order valence-electron chi connectivity index (χ0n) is 16.8. The largest absolute Gasteiger partial charge is 0.333 e. The van der Waals surface area contributed by atoms with Crippen LogP contribution in [0.25, 0.3) is 0 Å². The van der Waals surface area contributed by atoms with Gasteiger partial charge in [0.2, 0.25) is 0 Å². The van der Waals surface area contributed by atoms with Crippen molar-refractivity contribution in [2.24, 2.45) is 0 Å². The van der Waals surface area contributed by atoms with E-state index in [9.17, 15) is 14.4 Å². The molecule has 5 rings (SSSR count). The first-order valence-electron chi connectivity index (χ1n) is 10.3. The fourth-order valence-electron chi connectivity index (χ4n) is 4.26. The summed E-state index contributed by atoms with van der Waals surface area (Å²) in [6.45, 7) is 1.36. The summed E-state index contributed by atoms with van der Waals surface area (Å²) in [5.74, 6) is 0.298. The third-order valence-corrected chi connectivity index (χ3v) is 6.68. The lowest BCUT2D eigenvalue weighted by molar-refractivity contribution is 0.0714. The van der Waals surface area contributed by atoms with Gasteiger partial charge in [-0.15, -0.1) is 11.3 Å². The number of thiophene rings is 1. The second-order valence-corrected chi connectivity index (χ2v) is 8.65. The highest BCUT2D eigenvalue weighted by molar-refractivity contribution is 7.12. The normalized spacial score (nSPS) is 18.1. The molecular weight excluding hydrogens is 414 g/mol. The Hall–Kier alpha value is -3.33. The van der Waals surface area contributed by atoms with Gasteiger partial charge in [0.25, 0.3) is 17.4 Å². The van der Waals surface area contributed by atoms with E-state index < -0.39 is 0 Å². The van der Waals surface area contributed by atoms with Crippen molar-refractivity contribution in [2.75, 3.05) is 13.1 Å². The molecule has 0 bridgehead atoms. The molecule has 1 fully saturated rings. The minimum atomic E-state index is -0.279. The van der Waals surface area contributed by atoms with Crippen molar-refractivity contribution in [3.05, 3.63) is 79.9 Å². The summed E-state index contributed by atoms with van der Waals surface area (Å²) in [5.41, 5.74) is 1.39. The number of fused-ring (bicyclic) bond motifs is 1. The minimum Gasteiger partial charge on any atom is -0.333 e. The van der Waals surface area contributed by atoms with Gasteiger partial charge in [-0.3, -0.25) is 19.4 Å². The van der Waals surface area contributed by atoms with Crippen LogP contribution < -0.4 is 5.56 Å². The highest BCUT2D eigenvalue weighted by Crippen LogP contribution is 2.31. The molecule has 9 heteroatoms. The number of hydrogen-bond acceptors (Lipinski definition) is 6. The zero-order valence-corrected chi connectivity index (χ0v) is 17.6. The molecule has 1 saturated heterocycles. The number of hydrogen-bond donors (Lipinski definition) is 1. The molecule has 1 N–H and O–H groups in total. The van der Waals surface area contributed by atoms with Crippen LogP contribution in [-0.2, 0) is 13.0 Å². The van der Waals surface area contributed by atoms with Gasteiger partial charge in [0.1, 0.15) is 11.5 Å². The smallest absolute Gasteiger partial charge is 0.273 e. The topological polar surface area (TPSA) is 99.3 Å². The summed E-state index contributed by atoms with van der Waals surface area (Å²) < 4.78 is 0. The molecule has 2 aliphatic heterocycles. The fourth-order valence-corrected chi connectivity index (χ4v) is 4.95. The number of amides is 2. The number of H-pyrrole nitrogens is 1. The van der Waals surface area contributed by atoms with E-state index in [-0.39, 0.29) is 30.0 Å². The zero-order chi connectivity index (χ0) is 21.4. The van der Waals surface area contributed by atoms with Gasteiger partial charge in [0, 0.05) is 25.7 Å². The van der Waals surface area contributed by atoms with Crippen molar-refractivity contribution < 1.29 is 9.59 Å². The van der Waals surface area contributed by atoms with Crippen molar-refractivity contribution in [3.8, 4) is 0 Å². The van der Waals surface area contributed by atoms with Gasteiger partial charge < -0.3 is 14.8 Å². The summed E-state index contributed by atoms with van der Waals surface area (Å²) in [5, 5.41) is 1.87. The Balaban J connectivity index is 1.40. The van der Waals surface area contributed by atoms with Crippen LogP contribution in [0.1, 0.15) is 56.1 Å². The Labute approximate surface area is 182 Å². The number of aromatic amines is 1. The third-order valence-electron chi connectivity index (χ3n) is 5.82. The fraction of sp³-hybridized carbons (Fsp3) is 0.318. The second kappa shape index (κ2) is 8.07. The first-order chi connectivity index (χ1) is 15.1. The molecule has 0 radical (unpaired) electrons. The van der Waals surface area contributed by atoms with Crippen LogP contribution in [-0.4, -0.2) is 49.7 Å². The predicted octanol–water partition coefficient (Wildman–Crippen LogP) is 2.40. The van der Waals surface area contributed by atoms with Gasteiger partial charge in [-0.2, -0.15) is 0 Å². The summed E-state index contributed by atoms with van der Waals surface area (Å²) in [4.78, 5) is 54.4. The SMILES string of the molecule is O=C(c1cccs1)N1CCc2nc([C@H]3CCCN3C(=O)c3ccccn3)[nH]c(=O)c2C1. The van der Waals surface area contributed by atoms with E-state index in [0.29, 0.717) is 47.2 Å². The number of carbonyl (C=O) groups excluding carboxylic acids is 2. The van der Waals surface area contributed by atoms with Crippen LogP contribution in [0.2, 0.25) is 0 Å². The molecule has 5 heterocycles. The predicted molar refractivity (Wildman–Crippen MR) is 115 cm³/mol. The molecular formula is C22H21N5O3S. The van der Waals surface area contributed by atoms with Crippen molar-refractivity contribution in [3.63, 3.8) is 0 Å². The lowest BCUT2D eigenvalue weighted by Crippen LogP contribution is -2.40. The van der Waals surface area contributed by atoms with Gasteiger partial charge in [0.05, 0.1) is 28.7 Å². The van der Waals surface area contributed by atoms with Crippen molar-refractivity contribution in [1.29, 1.82) is 0 Å². The van der Waals surface area contributed by atoms with Gasteiger partial charge in [-0.1, -0.05) is 12.1 Å². The number of pyridine rings is 1. The summed E-state index contributed by atoms with van der Waals surface area (Å²) in [6.07, 6.45) is 3.70. The van der Waals surface area contributed by atoms with E-state index in [0.717, 1.165) is 12.8 Å². The molecule has 3 aromatic heterocycles. The molecule has 0 aromatic carbocycles. The Morgan fingerprint density at radius 1 is 1.13 bits per heavy atom. The number of aromatic nitrogens is 3. The van der Waals surface area contributed by atoms with Crippen LogP contribution in [0, 0.1) is 0 Å². The van der Waals surface area contributed by atoms with Crippen LogP contribution >= 0.6 is 11.3 Å². The number of nitrogens with zero attached hydrogens (tertiary/aromatic N) is 4. The lowest BCUT2D eigenvalue weighted by atomic mass is 10.1. The van der Waals surface area contributed by atoms with Crippen molar-refractivity contribution in [2.45, 2.75) is 31.8 Å². The highest BCUT2D eigenvalue weighted by Gasteiger charge is 2.34. The molecule has 3 aromatic rings. The Morgan fingerprint density at radius 3 is 2.81 bits per heavy atom. The maximum absolute atomic E-state index is 12.9. The second-order valence-electron chi connectivity index (χ2n) is 7.70. The Kier molecular flexibility index (Phi) is 5.11. The summed E-state index contributed by atoms with van der Waals surface area (Å²) >= 11 is 1.40. The van der Waals surface area contributed by atoms with E-state index in [4.69, 9.17) is 4.98 Å². The number of nitrogens with one attached hydrogen (secondary N) is 1. The van der Waals surface area contributed by atoms with E-state index in [1.165, 1.54) is 11.3 Å². The van der Waals surface area contributed by atoms with E-state index in [1.54, 1.807) is 40.3 Å². The van der Waals surface area contributed by atoms with Crippen LogP contribution in [0.3, 0.4) is 0 Å². The summed E-state index contributed by atoms with van der Waals surface area (Å²) in [7, 11) is 0. The Bertz CT molecular complexity index is 1180. The molecule has 2 aliphatic rings. The van der Waals surface area contributed by atoms with Crippen molar-refractivity contribution in [1.82, 2.24) is 24.8 Å². The molecule has 0 unspecified atom stereocenters. The van der Waals surface area contributed by atoms with Crippen LogP contribution in [0.15, 0.2) is 46.7 Å². The quantitative estimate of drug-likeness (QED) is 0.681. The number of likely N-dealkylation sites (tertiary alicyclic amines) is 1. The molecule has 8 nitrogen and oxygen atoms in total. The first kappa shape index (κ1) is 19.6. The average molecular weight is 436 g/mol. The average Bonchev–Trinajstić information content (AvgIpc) is 3.51. The number of rotatable bonds is 3. The lowest BCUT2D eigenvalue weighted by Gasteiger charge is -2.29.